The van der Waals surface area contributed by atoms with E-state index in [-0.39, 0.29) is 17.7 Å². The highest BCUT2D eigenvalue weighted by Gasteiger charge is 2.47. The van der Waals surface area contributed by atoms with Crippen molar-refractivity contribution in [3.63, 3.8) is 0 Å². The van der Waals surface area contributed by atoms with Crippen LogP contribution in [-0.2, 0) is 16.1 Å². The van der Waals surface area contributed by atoms with Crippen molar-refractivity contribution in [2.24, 2.45) is 23.7 Å². The highest BCUT2D eigenvalue weighted by atomic mass is 16.4. The van der Waals surface area contributed by atoms with Gasteiger partial charge >= 0.3 is 5.97 Å². The molecule has 3 aliphatic rings. The lowest BCUT2D eigenvalue weighted by atomic mass is 9.62. The Morgan fingerprint density at radius 2 is 1.95 bits per heavy atom. The molecule has 2 N–H and O–H groups in total. The van der Waals surface area contributed by atoms with Gasteiger partial charge in [0.15, 0.2) is 0 Å². The molecule has 0 aliphatic heterocycles. The first-order valence-electron chi connectivity index (χ1n) is 7.24. The van der Waals surface area contributed by atoms with Crippen LogP contribution in [0, 0.1) is 23.7 Å². The molecule has 4 atom stereocenters. The van der Waals surface area contributed by atoms with Gasteiger partial charge in [-0.05, 0) is 36.3 Å². The second-order valence-corrected chi connectivity index (χ2v) is 5.76. The zero-order valence-electron chi connectivity index (χ0n) is 11.6. The molecule has 5 heteroatoms. The predicted octanol–water partition coefficient (Wildman–Crippen LogP) is 1.61. The van der Waals surface area contributed by atoms with E-state index in [2.05, 4.69) is 10.3 Å². The molecule has 0 unspecified atom stereocenters. The second kappa shape index (κ2) is 5.68. The standard InChI is InChI=1S/C16H18N2O3/c19-15(18-9-10-2-1-7-17-8-10)13-11-3-5-12(6-4-11)14(13)16(20)21/h1-3,5,7-8,11-14H,4,6,9H2,(H,18,19)(H,20,21)/t11-,12+,13-,14+/m1/s1. The third kappa shape index (κ3) is 2.68. The Bertz CT molecular complexity index is 570. The number of nitrogens with zero attached hydrogens (tertiary/aromatic N) is 1. The minimum Gasteiger partial charge on any atom is -0.481 e. The first-order valence-corrected chi connectivity index (χ1v) is 7.24. The summed E-state index contributed by atoms with van der Waals surface area (Å²) in [4.78, 5) is 28.0. The van der Waals surface area contributed by atoms with E-state index in [0.29, 0.717) is 6.54 Å². The molecule has 1 aromatic heterocycles. The molecule has 1 saturated carbocycles. The molecule has 0 spiro atoms. The Balaban J connectivity index is 1.71. The van der Waals surface area contributed by atoms with E-state index in [1.807, 2.05) is 24.3 Å². The van der Waals surface area contributed by atoms with Crippen molar-refractivity contribution in [2.75, 3.05) is 0 Å². The molecule has 1 heterocycles. The number of aromatic nitrogens is 1. The van der Waals surface area contributed by atoms with Gasteiger partial charge in [0, 0.05) is 18.9 Å². The largest absolute Gasteiger partial charge is 0.481 e. The van der Waals surface area contributed by atoms with Crippen molar-refractivity contribution < 1.29 is 14.7 Å². The lowest BCUT2D eigenvalue weighted by molar-refractivity contribution is -0.153. The molecule has 1 amide bonds. The smallest absolute Gasteiger partial charge is 0.307 e. The average molecular weight is 286 g/mol. The Labute approximate surface area is 123 Å². The van der Waals surface area contributed by atoms with Gasteiger partial charge in [-0.1, -0.05) is 18.2 Å². The molecule has 0 aromatic carbocycles. The lowest BCUT2D eigenvalue weighted by Gasteiger charge is -2.41. The minimum atomic E-state index is -0.865. The Morgan fingerprint density at radius 1 is 1.24 bits per heavy atom. The highest BCUT2D eigenvalue weighted by Crippen LogP contribution is 2.45. The lowest BCUT2D eigenvalue weighted by Crippen LogP contribution is -2.48. The van der Waals surface area contributed by atoms with Crippen LogP contribution < -0.4 is 5.32 Å². The van der Waals surface area contributed by atoms with Gasteiger partial charge in [0.05, 0.1) is 11.8 Å². The number of pyridine rings is 1. The molecule has 1 aromatic rings. The van der Waals surface area contributed by atoms with E-state index < -0.39 is 17.8 Å². The van der Waals surface area contributed by atoms with Gasteiger partial charge in [0.1, 0.15) is 0 Å². The predicted molar refractivity (Wildman–Crippen MR) is 76.1 cm³/mol. The van der Waals surface area contributed by atoms with Gasteiger partial charge < -0.3 is 10.4 Å². The van der Waals surface area contributed by atoms with E-state index >= 15 is 0 Å². The Hall–Kier alpha value is -2.17. The molecule has 21 heavy (non-hydrogen) atoms. The Kier molecular flexibility index (Phi) is 3.73. The van der Waals surface area contributed by atoms with E-state index in [9.17, 15) is 14.7 Å². The molecule has 4 rings (SSSR count). The fourth-order valence-corrected chi connectivity index (χ4v) is 3.50. The van der Waals surface area contributed by atoms with Gasteiger partial charge in [-0.25, -0.2) is 0 Å². The van der Waals surface area contributed by atoms with Gasteiger partial charge in [-0.3, -0.25) is 14.6 Å². The van der Waals surface area contributed by atoms with Gasteiger partial charge in [-0.2, -0.15) is 0 Å². The van der Waals surface area contributed by atoms with Gasteiger partial charge in [-0.15, -0.1) is 0 Å². The quantitative estimate of drug-likeness (QED) is 0.824. The molecule has 0 radical (unpaired) electrons. The zero-order chi connectivity index (χ0) is 14.8. The van der Waals surface area contributed by atoms with Crippen LogP contribution in [0.5, 0.6) is 0 Å². The van der Waals surface area contributed by atoms with Crippen LogP contribution in [0.2, 0.25) is 0 Å². The normalized spacial score (nSPS) is 30.1. The van der Waals surface area contributed by atoms with Crippen molar-refractivity contribution in [1.29, 1.82) is 0 Å². The minimum absolute atomic E-state index is 0.0124. The van der Waals surface area contributed by atoms with Crippen molar-refractivity contribution in [1.82, 2.24) is 10.3 Å². The van der Waals surface area contributed by atoms with Crippen LogP contribution in [0.25, 0.3) is 0 Å². The molecular formula is C16H18N2O3. The fourth-order valence-electron chi connectivity index (χ4n) is 3.50. The van der Waals surface area contributed by atoms with Crippen molar-refractivity contribution in [3.05, 3.63) is 42.2 Å². The zero-order valence-corrected chi connectivity index (χ0v) is 11.6. The van der Waals surface area contributed by atoms with Crippen LogP contribution in [0.3, 0.4) is 0 Å². The van der Waals surface area contributed by atoms with Crippen LogP contribution in [0.15, 0.2) is 36.7 Å². The molecule has 2 bridgehead atoms. The highest BCUT2D eigenvalue weighted by molar-refractivity contribution is 5.86. The number of carboxylic acid groups (broad SMARTS) is 1. The summed E-state index contributed by atoms with van der Waals surface area (Å²) < 4.78 is 0. The van der Waals surface area contributed by atoms with E-state index in [4.69, 9.17) is 0 Å². The van der Waals surface area contributed by atoms with Gasteiger partial charge in [0.2, 0.25) is 5.91 Å². The average Bonchev–Trinajstić information content (AvgIpc) is 2.53. The number of carbonyl (C=O) groups is 2. The third-order valence-corrected chi connectivity index (χ3v) is 4.53. The number of carbonyl (C=O) groups excluding carboxylic acids is 1. The number of hydrogen-bond acceptors (Lipinski definition) is 3. The summed E-state index contributed by atoms with van der Waals surface area (Å²) in [6.07, 6.45) is 9.12. The number of allylic oxidation sites excluding steroid dienone is 2. The van der Waals surface area contributed by atoms with E-state index in [1.54, 1.807) is 12.4 Å². The van der Waals surface area contributed by atoms with E-state index in [0.717, 1.165) is 18.4 Å². The number of carboxylic acids is 1. The molecule has 3 aliphatic carbocycles. The molecule has 110 valence electrons. The summed E-state index contributed by atoms with van der Waals surface area (Å²) in [5.74, 6) is -2.04. The number of rotatable bonds is 4. The molecular weight excluding hydrogens is 268 g/mol. The summed E-state index contributed by atoms with van der Waals surface area (Å²) in [6.45, 7) is 0.386. The van der Waals surface area contributed by atoms with Gasteiger partial charge in [0.25, 0.3) is 0 Å². The van der Waals surface area contributed by atoms with Crippen LogP contribution in [0.1, 0.15) is 18.4 Å². The van der Waals surface area contributed by atoms with Crippen LogP contribution in [0.4, 0.5) is 0 Å². The summed E-state index contributed by atoms with van der Waals surface area (Å²) in [5, 5.41) is 12.3. The van der Waals surface area contributed by atoms with Crippen molar-refractivity contribution in [3.8, 4) is 0 Å². The summed E-state index contributed by atoms with van der Waals surface area (Å²) in [7, 11) is 0. The molecule has 1 fully saturated rings. The monoisotopic (exact) mass is 286 g/mol. The maximum Gasteiger partial charge on any atom is 0.307 e. The molecule has 5 nitrogen and oxygen atoms in total. The number of amides is 1. The molecule has 0 saturated heterocycles. The number of aliphatic carboxylic acids is 1. The van der Waals surface area contributed by atoms with Crippen molar-refractivity contribution >= 4 is 11.9 Å². The van der Waals surface area contributed by atoms with Crippen LogP contribution >= 0.6 is 0 Å². The van der Waals surface area contributed by atoms with Crippen LogP contribution in [-0.4, -0.2) is 22.0 Å². The maximum absolute atomic E-state index is 12.4. The second-order valence-electron chi connectivity index (χ2n) is 5.76. The first kappa shape index (κ1) is 13.8. The topological polar surface area (TPSA) is 79.3 Å². The Morgan fingerprint density at radius 3 is 2.52 bits per heavy atom. The summed E-state index contributed by atoms with van der Waals surface area (Å²) in [6, 6.07) is 3.70. The first-order chi connectivity index (χ1) is 10.2. The van der Waals surface area contributed by atoms with E-state index in [1.165, 1.54) is 0 Å². The number of nitrogens with one attached hydrogen (secondary N) is 1. The summed E-state index contributed by atoms with van der Waals surface area (Å²) >= 11 is 0. The fraction of sp³-hybridized carbons (Fsp3) is 0.438. The number of hydrogen-bond donors (Lipinski definition) is 2. The SMILES string of the molecule is O=C(O)[C@@H]1[C@H](C(=O)NCc2cccnc2)[C@@H]2C=C[C@H]1CC2. The summed E-state index contributed by atoms with van der Waals surface area (Å²) in [5.41, 5.74) is 0.911. The van der Waals surface area contributed by atoms with Crippen molar-refractivity contribution in [2.45, 2.75) is 19.4 Å². The number of fused-ring (bicyclic) bond motifs is 2. The third-order valence-electron chi connectivity index (χ3n) is 4.53. The maximum atomic E-state index is 12.4.